The number of hydrogen-bond acceptors (Lipinski definition) is 2. The molecule has 0 bridgehead atoms. The molecule has 1 atom stereocenters. The van der Waals surface area contributed by atoms with Gasteiger partial charge >= 0.3 is 0 Å². The molecule has 110 valence electrons. The van der Waals surface area contributed by atoms with Gasteiger partial charge in [-0.05, 0) is 24.3 Å². The Balaban J connectivity index is 2.27. The first kappa shape index (κ1) is 16.2. The molecule has 0 saturated heterocycles. The SMILES string of the molecule is O=C(c1ccccc1)C(Cl)(CCCl)Oc1ccc(Cl)cc1. The summed E-state index contributed by atoms with van der Waals surface area (Å²) in [4.78, 5) is 12.6. The molecule has 5 heteroatoms. The second kappa shape index (κ2) is 7.17. The molecule has 0 aliphatic carbocycles. The zero-order valence-corrected chi connectivity index (χ0v) is 13.3. The largest absolute Gasteiger partial charge is 0.464 e. The molecule has 0 aromatic heterocycles. The second-order valence-electron chi connectivity index (χ2n) is 4.42. The number of hydrogen-bond donors (Lipinski definition) is 0. The van der Waals surface area contributed by atoms with Crippen LogP contribution >= 0.6 is 34.8 Å². The van der Waals surface area contributed by atoms with Crippen molar-refractivity contribution in [2.24, 2.45) is 0 Å². The number of alkyl halides is 2. The fourth-order valence-electron chi connectivity index (χ4n) is 1.83. The number of carbonyl (C=O) groups excluding carboxylic acids is 1. The molecular weight excluding hydrogens is 331 g/mol. The van der Waals surface area contributed by atoms with Gasteiger partial charge in [0.05, 0.1) is 0 Å². The molecule has 0 aliphatic heterocycles. The summed E-state index contributed by atoms with van der Waals surface area (Å²) >= 11 is 18.0. The molecule has 0 saturated carbocycles. The third-order valence-electron chi connectivity index (χ3n) is 2.88. The van der Waals surface area contributed by atoms with Crippen molar-refractivity contribution >= 4 is 40.6 Å². The van der Waals surface area contributed by atoms with E-state index in [1.807, 2.05) is 6.07 Å². The Morgan fingerprint density at radius 3 is 2.24 bits per heavy atom. The monoisotopic (exact) mass is 342 g/mol. The number of rotatable bonds is 6. The van der Waals surface area contributed by atoms with E-state index >= 15 is 0 Å². The highest BCUT2D eigenvalue weighted by Crippen LogP contribution is 2.30. The van der Waals surface area contributed by atoms with Crippen molar-refractivity contribution in [2.75, 3.05) is 5.88 Å². The summed E-state index contributed by atoms with van der Waals surface area (Å²) in [5.41, 5.74) is 0.478. The Hall–Kier alpha value is -1.22. The number of ketones is 1. The summed E-state index contributed by atoms with van der Waals surface area (Å²) < 4.78 is 5.69. The maximum absolute atomic E-state index is 12.6. The lowest BCUT2D eigenvalue weighted by Crippen LogP contribution is -2.39. The van der Waals surface area contributed by atoms with E-state index < -0.39 is 5.06 Å². The van der Waals surface area contributed by atoms with Crippen molar-refractivity contribution in [1.82, 2.24) is 0 Å². The first-order chi connectivity index (χ1) is 10.0. The lowest BCUT2D eigenvalue weighted by Gasteiger charge is -2.26. The van der Waals surface area contributed by atoms with Gasteiger partial charge in [-0.2, -0.15) is 0 Å². The average Bonchev–Trinajstić information content (AvgIpc) is 2.50. The Morgan fingerprint density at radius 1 is 1.05 bits per heavy atom. The van der Waals surface area contributed by atoms with Gasteiger partial charge in [-0.3, -0.25) is 4.79 Å². The Labute approximate surface area is 138 Å². The maximum atomic E-state index is 12.6. The topological polar surface area (TPSA) is 26.3 Å². The molecule has 0 radical (unpaired) electrons. The van der Waals surface area contributed by atoms with Crippen LogP contribution in [0.15, 0.2) is 54.6 Å². The molecule has 2 nitrogen and oxygen atoms in total. The molecule has 0 amide bonds. The highest BCUT2D eigenvalue weighted by Gasteiger charge is 2.38. The van der Waals surface area contributed by atoms with E-state index in [1.165, 1.54) is 0 Å². The Kier molecular flexibility index (Phi) is 5.51. The van der Waals surface area contributed by atoms with Crippen molar-refractivity contribution < 1.29 is 9.53 Å². The van der Waals surface area contributed by atoms with E-state index in [0.29, 0.717) is 16.3 Å². The molecule has 1 unspecified atom stereocenters. The van der Waals surface area contributed by atoms with Crippen molar-refractivity contribution in [1.29, 1.82) is 0 Å². The predicted octanol–water partition coefficient (Wildman–Crippen LogP) is 5.17. The zero-order chi connectivity index (χ0) is 15.3. The van der Waals surface area contributed by atoms with Crippen LogP contribution in [0.4, 0.5) is 0 Å². The van der Waals surface area contributed by atoms with Crippen LogP contribution < -0.4 is 4.74 Å². The summed E-state index contributed by atoms with van der Waals surface area (Å²) in [7, 11) is 0. The van der Waals surface area contributed by atoms with Crippen LogP contribution in [0.5, 0.6) is 5.75 Å². The van der Waals surface area contributed by atoms with Gasteiger partial charge in [0.2, 0.25) is 10.8 Å². The molecule has 2 aromatic carbocycles. The fraction of sp³-hybridized carbons (Fsp3) is 0.188. The summed E-state index contributed by atoms with van der Waals surface area (Å²) in [6.45, 7) is 0. The third kappa shape index (κ3) is 4.13. The van der Waals surface area contributed by atoms with Gasteiger partial charge in [0.15, 0.2) is 0 Å². The molecular formula is C16H13Cl3O2. The van der Waals surface area contributed by atoms with Gasteiger partial charge in [-0.25, -0.2) is 0 Å². The number of carbonyl (C=O) groups is 1. The van der Waals surface area contributed by atoms with E-state index in [0.717, 1.165) is 0 Å². The van der Waals surface area contributed by atoms with Crippen LogP contribution in [-0.2, 0) is 0 Å². The van der Waals surface area contributed by atoms with Gasteiger partial charge in [0, 0.05) is 22.9 Å². The first-order valence-corrected chi connectivity index (χ1v) is 7.63. The summed E-state index contributed by atoms with van der Waals surface area (Å²) in [5.74, 6) is 0.347. The quantitative estimate of drug-likeness (QED) is 0.534. The number of Topliss-reactive ketones (excluding diaryl/α,β-unsaturated/α-hetero) is 1. The molecule has 0 spiro atoms. The van der Waals surface area contributed by atoms with Gasteiger partial charge in [0.1, 0.15) is 5.75 Å². The number of benzene rings is 2. The molecule has 0 fully saturated rings. The van der Waals surface area contributed by atoms with Crippen molar-refractivity contribution in [2.45, 2.75) is 11.5 Å². The minimum Gasteiger partial charge on any atom is -0.464 e. The highest BCUT2D eigenvalue weighted by atomic mass is 35.5. The van der Waals surface area contributed by atoms with E-state index in [4.69, 9.17) is 39.5 Å². The molecule has 0 heterocycles. The van der Waals surface area contributed by atoms with Crippen LogP contribution in [-0.4, -0.2) is 16.7 Å². The van der Waals surface area contributed by atoms with Crippen LogP contribution in [0, 0.1) is 0 Å². The normalized spacial score (nSPS) is 13.5. The lowest BCUT2D eigenvalue weighted by molar-refractivity contribution is 0.0701. The zero-order valence-electron chi connectivity index (χ0n) is 11.1. The Morgan fingerprint density at radius 2 is 1.67 bits per heavy atom. The minimum absolute atomic E-state index is 0.187. The van der Waals surface area contributed by atoms with Crippen LogP contribution in [0.2, 0.25) is 5.02 Å². The van der Waals surface area contributed by atoms with E-state index in [-0.39, 0.29) is 18.1 Å². The van der Waals surface area contributed by atoms with Gasteiger partial charge in [-0.15, -0.1) is 11.6 Å². The summed E-state index contributed by atoms with van der Waals surface area (Å²) in [6, 6.07) is 15.4. The van der Waals surface area contributed by atoms with Crippen molar-refractivity contribution in [3.8, 4) is 5.75 Å². The molecule has 0 N–H and O–H groups in total. The van der Waals surface area contributed by atoms with Crippen LogP contribution in [0.3, 0.4) is 0 Å². The minimum atomic E-state index is -1.53. The fourth-order valence-corrected chi connectivity index (χ4v) is 2.61. The first-order valence-electron chi connectivity index (χ1n) is 6.34. The molecule has 21 heavy (non-hydrogen) atoms. The molecule has 2 aromatic rings. The van der Waals surface area contributed by atoms with Gasteiger partial charge in [0.25, 0.3) is 0 Å². The van der Waals surface area contributed by atoms with Crippen molar-refractivity contribution in [3.05, 3.63) is 65.2 Å². The van der Waals surface area contributed by atoms with E-state index in [9.17, 15) is 4.79 Å². The van der Waals surface area contributed by atoms with Crippen LogP contribution in [0.1, 0.15) is 16.8 Å². The van der Waals surface area contributed by atoms with Gasteiger partial charge in [-0.1, -0.05) is 53.5 Å². The van der Waals surface area contributed by atoms with E-state index in [2.05, 4.69) is 0 Å². The van der Waals surface area contributed by atoms with Gasteiger partial charge < -0.3 is 4.74 Å². The number of halogens is 3. The number of ether oxygens (including phenoxy) is 1. The second-order valence-corrected chi connectivity index (χ2v) is 5.84. The predicted molar refractivity (Wildman–Crippen MR) is 86.8 cm³/mol. The van der Waals surface area contributed by atoms with Crippen LogP contribution in [0.25, 0.3) is 0 Å². The average molecular weight is 344 g/mol. The standard InChI is InChI=1S/C16H13Cl3O2/c17-11-10-16(19,15(20)12-4-2-1-3-5-12)21-14-8-6-13(18)7-9-14/h1-9H,10-11H2. The van der Waals surface area contributed by atoms with Crippen molar-refractivity contribution in [3.63, 3.8) is 0 Å². The summed E-state index contributed by atoms with van der Waals surface area (Å²) in [6.07, 6.45) is 0.187. The highest BCUT2D eigenvalue weighted by molar-refractivity contribution is 6.37. The molecule has 2 rings (SSSR count). The molecule has 0 aliphatic rings. The smallest absolute Gasteiger partial charge is 0.246 e. The Bertz CT molecular complexity index is 599. The third-order valence-corrected chi connectivity index (χ3v) is 3.76. The summed E-state index contributed by atoms with van der Waals surface area (Å²) in [5, 5.41) is -0.953. The van der Waals surface area contributed by atoms with E-state index in [1.54, 1.807) is 48.5 Å². The maximum Gasteiger partial charge on any atom is 0.246 e. The lowest BCUT2D eigenvalue weighted by atomic mass is 10.0.